The van der Waals surface area contributed by atoms with E-state index in [-0.39, 0.29) is 96.5 Å². The summed E-state index contributed by atoms with van der Waals surface area (Å²) in [6, 6.07) is 14.1. The van der Waals surface area contributed by atoms with Gasteiger partial charge >= 0.3 is 0 Å². The van der Waals surface area contributed by atoms with Gasteiger partial charge in [0.15, 0.2) is 0 Å². The standard InChI is InChI=1S/2C13H16O4.C13H18O3.C13H16O3.C12H16O3.C12H14O3/c2*1-13(2)5-4-8-11(17-13)6-10(16-3)9(7-14)12(8)15;2*1-8-6-11-9(12(15)10(8)7-14)4-5-13(2,3)16-11;2*1-12(2)6-5-9-10(15-12)4-3-8(7-13)11(9)14/h2*4-6,14-15H,7H2,1-3H3;6,14-15H,4-5,7H2,1-3H3;4-6,14-15H,7H2,1-3H3;3-4,13-14H,5-7H2,1-2H3;3-6,13-14H,7H2,1-2H3. The summed E-state index contributed by atoms with van der Waals surface area (Å²) in [6.45, 7) is 26.2. The predicted octanol–water partition coefficient (Wildman–Crippen LogP) is 12.9. The van der Waals surface area contributed by atoms with Crippen molar-refractivity contribution in [3.63, 3.8) is 0 Å². The number of benzene rings is 6. The van der Waals surface area contributed by atoms with Crippen LogP contribution >= 0.6 is 0 Å². The van der Waals surface area contributed by atoms with Gasteiger partial charge in [0.05, 0.1) is 87.2 Å². The van der Waals surface area contributed by atoms with Gasteiger partial charge in [0, 0.05) is 45.5 Å². The lowest BCUT2D eigenvalue weighted by Crippen LogP contribution is -2.32. The maximum Gasteiger partial charge on any atom is 0.135 e. The number of hydrogen-bond acceptors (Lipinski definition) is 20. The highest BCUT2D eigenvalue weighted by Crippen LogP contribution is 2.47. The van der Waals surface area contributed by atoms with Crippen LogP contribution in [0, 0.1) is 13.8 Å². The van der Waals surface area contributed by atoms with E-state index in [1.54, 1.807) is 42.5 Å². The third kappa shape index (κ3) is 17.3. The minimum Gasteiger partial charge on any atom is -0.507 e. The fourth-order valence-electron chi connectivity index (χ4n) is 11.3. The molecule has 12 N–H and O–H groups in total. The maximum atomic E-state index is 10.0. The van der Waals surface area contributed by atoms with Crippen LogP contribution in [0.1, 0.15) is 174 Å². The molecule has 0 aromatic heterocycles. The normalized spacial score (nSPS) is 17.0. The zero-order chi connectivity index (χ0) is 71.2. The number of ether oxygens (including phenoxy) is 8. The topological polar surface area (TPSA) is 317 Å². The van der Waals surface area contributed by atoms with E-state index in [1.165, 1.54) is 14.2 Å². The average molecular weight is 1330 g/mol. The van der Waals surface area contributed by atoms with Crippen molar-refractivity contribution in [1.29, 1.82) is 0 Å². The molecule has 0 saturated heterocycles. The highest BCUT2D eigenvalue weighted by molar-refractivity contribution is 5.74. The van der Waals surface area contributed by atoms with Gasteiger partial charge in [-0.15, -0.1) is 0 Å². The highest BCUT2D eigenvalue weighted by Gasteiger charge is 2.33. The Morgan fingerprint density at radius 2 is 0.656 bits per heavy atom. The summed E-state index contributed by atoms with van der Waals surface area (Å²) in [5.74, 6) is 5.39. The van der Waals surface area contributed by atoms with Crippen LogP contribution in [0.2, 0.25) is 0 Å². The SMILES string of the molecule is CC1(C)C=Cc2c(ccc(CO)c2O)O1.CC1(C)CCc2c(ccc(CO)c2O)O1.COc1cc2c(c(O)c1CO)C=CC(C)(C)O2.COc1cc2c(c(O)c1CO)C=CC(C)(C)O2.Cc1cc2c(c(O)c1CO)C=CC(C)(C)O2.Cc1cc2c(c(O)c1CO)CCC(C)(C)O2. The van der Waals surface area contributed by atoms with Crippen LogP contribution in [-0.4, -0.2) is 109 Å². The summed E-state index contributed by atoms with van der Waals surface area (Å²) < 4.78 is 44.7. The molecule has 0 spiro atoms. The Balaban J connectivity index is 0.000000163. The van der Waals surface area contributed by atoms with Crippen molar-refractivity contribution in [1.82, 2.24) is 0 Å². The summed E-state index contributed by atoms with van der Waals surface area (Å²) in [4.78, 5) is 0. The largest absolute Gasteiger partial charge is 0.507 e. The van der Waals surface area contributed by atoms with Gasteiger partial charge < -0.3 is 99.2 Å². The predicted molar refractivity (Wildman–Crippen MR) is 368 cm³/mol. The van der Waals surface area contributed by atoms with Gasteiger partial charge in [-0.3, -0.25) is 0 Å². The van der Waals surface area contributed by atoms with Crippen LogP contribution in [-0.2, 0) is 52.5 Å². The quantitative estimate of drug-likeness (QED) is 0.0674. The lowest BCUT2D eigenvalue weighted by Gasteiger charge is -2.33. The Hall–Kier alpha value is -8.76. The lowest BCUT2D eigenvalue weighted by molar-refractivity contribution is 0.0830. The van der Waals surface area contributed by atoms with Crippen molar-refractivity contribution in [2.24, 2.45) is 0 Å². The van der Waals surface area contributed by atoms with E-state index in [9.17, 15) is 51.1 Å². The fourth-order valence-corrected chi connectivity index (χ4v) is 11.3. The zero-order valence-electron chi connectivity index (χ0n) is 57.9. The van der Waals surface area contributed by atoms with Gasteiger partial charge in [0.2, 0.25) is 0 Å². The van der Waals surface area contributed by atoms with Crippen LogP contribution in [0.3, 0.4) is 0 Å². The van der Waals surface area contributed by atoms with Crippen LogP contribution in [0.25, 0.3) is 24.3 Å². The van der Waals surface area contributed by atoms with Gasteiger partial charge in [-0.25, -0.2) is 0 Å². The molecule has 20 nitrogen and oxygen atoms in total. The van der Waals surface area contributed by atoms with Gasteiger partial charge in [0.1, 0.15) is 114 Å². The summed E-state index contributed by atoms with van der Waals surface area (Å²) in [6.07, 6.45) is 18.1. The molecule has 12 rings (SSSR count). The molecule has 0 radical (unpaired) electrons. The number of aromatic hydroxyl groups is 6. The van der Waals surface area contributed by atoms with Crippen molar-refractivity contribution >= 4 is 24.3 Å². The number of phenols is 6. The van der Waals surface area contributed by atoms with Crippen molar-refractivity contribution in [3.8, 4) is 80.5 Å². The summed E-state index contributed by atoms with van der Waals surface area (Å²) >= 11 is 0. The molecule has 20 heteroatoms. The van der Waals surface area contributed by atoms with E-state index >= 15 is 0 Å². The molecule has 0 amide bonds. The average Bonchev–Trinajstić information content (AvgIpc) is 0.850. The molecule has 0 unspecified atom stereocenters. The van der Waals surface area contributed by atoms with E-state index < -0.39 is 11.2 Å². The van der Waals surface area contributed by atoms with E-state index in [4.69, 9.17) is 48.1 Å². The van der Waals surface area contributed by atoms with Crippen molar-refractivity contribution in [3.05, 3.63) is 151 Å². The van der Waals surface area contributed by atoms with Gasteiger partial charge in [0.25, 0.3) is 0 Å². The Morgan fingerprint density at radius 1 is 0.344 bits per heavy atom. The van der Waals surface area contributed by atoms with Crippen molar-refractivity contribution < 1.29 is 99.2 Å². The van der Waals surface area contributed by atoms with Crippen molar-refractivity contribution in [2.75, 3.05) is 14.2 Å². The second kappa shape index (κ2) is 29.7. The number of hydrogen-bond donors (Lipinski definition) is 12. The molecule has 0 saturated carbocycles. The van der Waals surface area contributed by atoms with Crippen LogP contribution in [0.5, 0.6) is 80.5 Å². The summed E-state index contributed by atoms with van der Waals surface area (Å²) in [7, 11) is 2.98. The monoisotopic (exact) mass is 1330 g/mol. The molecule has 6 aliphatic heterocycles. The third-order valence-electron chi connectivity index (χ3n) is 16.9. The maximum absolute atomic E-state index is 10.0. The first-order valence-electron chi connectivity index (χ1n) is 31.7. The Kier molecular flexibility index (Phi) is 23.1. The molecule has 0 bridgehead atoms. The second-order valence-corrected chi connectivity index (χ2v) is 27.4. The molecular formula is C76H96O20. The fraction of sp³-hybridized carbons (Fsp3) is 0.421. The Labute approximate surface area is 562 Å². The molecule has 0 atom stereocenters. The Morgan fingerprint density at radius 3 is 1.04 bits per heavy atom. The van der Waals surface area contributed by atoms with E-state index in [0.29, 0.717) is 90.1 Å². The second-order valence-electron chi connectivity index (χ2n) is 27.4. The number of methoxy groups -OCH3 is 2. The Bertz CT molecular complexity index is 3850. The molecule has 6 heterocycles. The number of rotatable bonds is 8. The zero-order valence-corrected chi connectivity index (χ0v) is 57.9. The molecule has 6 aromatic rings. The number of aliphatic hydroxyl groups excluding tert-OH is 6. The highest BCUT2D eigenvalue weighted by atomic mass is 16.5. The van der Waals surface area contributed by atoms with Crippen LogP contribution in [0.4, 0.5) is 0 Å². The third-order valence-corrected chi connectivity index (χ3v) is 16.9. The smallest absolute Gasteiger partial charge is 0.135 e. The first-order chi connectivity index (χ1) is 44.9. The molecule has 6 aliphatic rings. The van der Waals surface area contributed by atoms with Gasteiger partial charge in [-0.1, -0.05) is 0 Å². The van der Waals surface area contributed by atoms with Crippen LogP contribution in [0.15, 0.2) is 72.8 Å². The lowest BCUT2D eigenvalue weighted by atomic mass is 9.91. The summed E-state index contributed by atoms with van der Waals surface area (Å²) in [5, 5.41) is 115. The van der Waals surface area contributed by atoms with E-state index in [2.05, 4.69) is 0 Å². The minimum absolute atomic E-state index is 0.00796. The molecule has 6 aromatic carbocycles. The first kappa shape index (κ1) is 74.6. The summed E-state index contributed by atoms with van der Waals surface area (Å²) in [5.41, 5.74) is 6.94. The number of aliphatic hydroxyl groups is 6. The molecular weight excluding hydrogens is 1230 g/mol. The molecule has 96 heavy (non-hydrogen) atoms. The number of aryl methyl sites for hydroxylation is 2. The first-order valence-corrected chi connectivity index (χ1v) is 31.7. The van der Waals surface area contributed by atoms with Gasteiger partial charge in [-0.2, -0.15) is 0 Å². The van der Waals surface area contributed by atoms with Crippen molar-refractivity contribution in [2.45, 2.75) is 196 Å². The molecule has 520 valence electrons. The van der Waals surface area contributed by atoms with E-state index in [1.807, 2.05) is 152 Å². The van der Waals surface area contributed by atoms with Gasteiger partial charge in [-0.05, 0) is 219 Å². The van der Waals surface area contributed by atoms with E-state index in [0.717, 1.165) is 59.4 Å². The number of fused-ring (bicyclic) bond motifs is 6. The molecule has 0 fully saturated rings. The minimum atomic E-state index is -0.412. The molecule has 0 aliphatic carbocycles. The van der Waals surface area contributed by atoms with Crippen LogP contribution < -0.4 is 37.9 Å².